The summed E-state index contributed by atoms with van der Waals surface area (Å²) < 4.78 is 5.02. The van der Waals surface area contributed by atoms with E-state index in [1.165, 1.54) is 0 Å². The highest BCUT2D eigenvalue weighted by Crippen LogP contribution is 2.15. The van der Waals surface area contributed by atoms with Gasteiger partial charge in [-0.25, -0.2) is 0 Å². The van der Waals surface area contributed by atoms with E-state index in [2.05, 4.69) is 20.5 Å². The van der Waals surface area contributed by atoms with Gasteiger partial charge in [0.1, 0.15) is 0 Å². The Morgan fingerprint density at radius 1 is 1.43 bits per heavy atom. The molecule has 1 amide bonds. The normalized spacial score (nSPS) is 10.7. The Morgan fingerprint density at radius 2 is 2.19 bits per heavy atom. The van der Waals surface area contributed by atoms with Crippen LogP contribution in [0.5, 0.6) is 0 Å². The zero-order chi connectivity index (χ0) is 15.7. The number of methoxy groups -OCH3 is 1. The summed E-state index contributed by atoms with van der Waals surface area (Å²) in [6.45, 7) is 7.60. The molecule has 0 aliphatic rings. The molecule has 6 heteroatoms. The number of anilines is 1. The molecule has 1 aromatic heterocycles. The maximum atomic E-state index is 12.2. The van der Waals surface area contributed by atoms with Gasteiger partial charge in [0, 0.05) is 45.2 Å². The molecule has 0 atom stereocenters. The van der Waals surface area contributed by atoms with E-state index in [9.17, 15) is 4.79 Å². The Balaban J connectivity index is 2.52. The molecule has 6 nitrogen and oxygen atoms in total. The Kier molecular flexibility index (Phi) is 7.71. The number of likely N-dealkylation sites (N-methyl/N-ethyl adjacent to an activating group) is 1. The fourth-order valence-corrected chi connectivity index (χ4v) is 1.89. The molecule has 0 fully saturated rings. The predicted molar refractivity (Wildman–Crippen MR) is 84.8 cm³/mol. The van der Waals surface area contributed by atoms with Gasteiger partial charge in [-0.05, 0) is 27.0 Å². The van der Waals surface area contributed by atoms with Crippen molar-refractivity contribution in [3.63, 3.8) is 0 Å². The van der Waals surface area contributed by atoms with Crippen molar-refractivity contribution in [2.75, 3.05) is 52.3 Å². The van der Waals surface area contributed by atoms with Gasteiger partial charge in [-0.2, -0.15) is 0 Å². The van der Waals surface area contributed by atoms with Crippen LogP contribution in [-0.4, -0.2) is 62.7 Å². The van der Waals surface area contributed by atoms with Gasteiger partial charge in [0.25, 0.3) is 5.91 Å². The van der Waals surface area contributed by atoms with Gasteiger partial charge in [0.15, 0.2) is 0 Å². The Hall–Kier alpha value is -1.66. The molecule has 118 valence electrons. The second-order valence-corrected chi connectivity index (χ2v) is 4.95. The average Bonchev–Trinajstić information content (AvgIpc) is 2.45. The number of hydrogen-bond acceptors (Lipinski definition) is 5. The van der Waals surface area contributed by atoms with Crippen molar-refractivity contribution in [1.82, 2.24) is 15.2 Å². The maximum Gasteiger partial charge on any atom is 0.254 e. The average molecular weight is 294 g/mol. The van der Waals surface area contributed by atoms with Crippen LogP contribution in [0.15, 0.2) is 12.3 Å². The van der Waals surface area contributed by atoms with Crippen LogP contribution in [0.25, 0.3) is 0 Å². The lowest BCUT2D eigenvalue weighted by Crippen LogP contribution is -2.34. The van der Waals surface area contributed by atoms with Crippen molar-refractivity contribution < 1.29 is 9.53 Å². The van der Waals surface area contributed by atoms with Gasteiger partial charge in [-0.3, -0.25) is 9.78 Å². The molecule has 0 unspecified atom stereocenters. The minimum atomic E-state index is -0.0985. The topological polar surface area (TPSA) is 66.5 Å². The van der Waals surface area contributed by atoms with Crippen LogP contribution in [0.2, 0.25) is 0 Å². The minimum Gasteiger partial charge on any atom is -0.385 e. The highest BCUT2D eigenvalue weighted by atomic mass is 16.5. The smallest absolute Gasteiger partial charge is 0.254 e. The molecule has 0 saturated heterocycles. The molecular formula is C15H26N4O2. The summed E-state index contributed by atoms with van der Waals surface area (Å²) in [5, 5.41) is 6.12. The molecule has 0 saturated carbocycles. The Bertz CT molecular complexity index is 451. The summed E-state index contributed by atoms with van der Waals surface area (Å²) in [5.41, 5.74) is 2.30. The molecule has 1 rings (SSSR count). The van der Waals surface area contributed by atoms with E-state index in [-0.39, 0.29) is 5.91 Å². The fraction of sp³-hybridized carbons (Fsp3) is 0.600. The van der Waals surface area contributed by atoms with Crippen LogP contribution in [0.3, 0.4) is 0 Å². The van der Waals surface area contributed by atoms with Crippen LogP contribution in [0, 0.1) is 6.92 Å². The van der Waals surface area contributed by atoms with E-state index in [1.807, 2.05) is 27.0 Å². The van der Waals surface area contributed by atoms with Gasteiger partial charge < -0.3 is 20.3 Å². The molecule has 2 N–H and O–H groups in total. The van der Waals surface area contributed by atoms with Gasteiger partial charge in [-0.15, -0.1) is 0 Å². The number of aromatic nitrogens is 1. The molecule has 1 heterocycles. The molecule has 0 aliphatic heterocycles. The third-order valence-electron chi connectivity index (χ3n) is 3.11. The lowest BCUT2D eigenvalue weighted by Gasteiger charge is -2.17. The number of amides is 1. The monoisotopic (exact) mass is 294 g/mol. The number of pyridine rings is 1. The van der Waals surface area contributed by atoms with Crippen LogP contribution >= 0.6 is 0 Å². The highest BCUT2D eigenvalue weighted by Gasteiger charge is 2.11. The van der Waals surface area contributed by atoms with Crippen LogP contribution in [0.1, 0.15) is 23.0 Å². The third kappa shape index (κ3) is 6.10. The first kappa shape index (κ1) is 17.4. The summed E-state index contributed by atoms with van der Waals surface area (Å²) in [6.07, 6.45) is 1.62. The maximum absolute atomic E-state index is 12.2. The first-order chi connectivity index (χ1) is 10.1. The zero-order valence-electron chi connectivity index (χ0n) is 13.4. The van der Waals surface area contributed by atoms with E-state index in [1.54, 1.807) is 13.3 Å². The second-order valence-electron chi connectivity index (χ2n) is 4.95. The summed E-state index contributed by atoms with van der Waals surface area (Å²) >= 11 is 0. The molecule has 0 bridgehead atoms. The van der Waals surface area contributed by atoms with E-state index < -0.39 is 0 Å². The summed E-state index contributed by atoms with van der Waals surface area (Å²) in [7, 11) is 3.69. The molecule has 21 heavy (non-hydrogen) atoms. The predicted octanol–water partition coefficient (Wildman–Crippen LogP) is 1.13. The van der Waals surface area contributed by atoms with Gasteiger partial charge in [0.2, 0.25) is 0 Å². The number of aryl methyl sites for hydroxylation is 1. The number of rotatable bonds is 9. The summed E-state index contributed by atoms with van der Waals surface area (Å²) in [5.74, 6) is -0.0985. The van der Waals surface area contributed by atoms with Crippen molar-refractivity contribution in [1.29, 1.82) is 0 Å². The highest BCUT2D eigenvalue weighted by molar-refractivity contribution is 5.99. The molecule has 0 spiro atoms. The lowest BCUT2D eigenvalue weighted by atomic mass is 10.2. The first-order valence-corrected chi connectivity index (χ1v) is 7.24. The van der Waals surface area contributed by atoms with E-state index >= 15 is 0 Å². The number of nitrogens with zero attached hydrogens (tertiary/aromatic N) is 2. The fourth-order valence-electron chi connectivity index (χ4n) is 1.89. The van der Waals surface area contributed by atoms with E-state index in [0.717, 1.165) is 31.0 Å². The Labute approximate surface area is 126 Å². The SMILES string of the molecule is CCNc1cc(C)ncc1C(=O)NCCN(C)CCOC. The van der Waals surface area contributed by atoms with Crippen molar-refractivity contribution >= 4 is 11.6 Å². The largest absolute Gasteiger partial charge is 0.385 e. The van der Waals surface area contributed by atoms with Crippen molar-refractivity contribution in [3.05, 3.63) is 23.5 Å². The summed E-state index contributed by atoms with van der Waals surface area (Å²) in [4.78, 5) is 18.5. The number of ether oxygens (including phenoxy) is 1. The molecule has 0 aliphatic carbocycles. The van der Waals surface area contributed by atoms with Crippen LogP contribution in [-0.2, 0) is 4.74 Å². The van der Waals surface area contributed by atoms with Crippen molar-refractivity contribution in [2.24, 2.45) is 0 Å². The quantitative estimate of drug-likeness (QED) is 0.715. The van der Waals surface area contributed by atoms with Gasteiger partial charge >= 0.3 is 0 Å². The van der Waals surface area contributed by atoms with E-state index in [4.69, 9.17) is 4.74 Å². The molecule has 0 radical (unpaired) electrons. The minimum absolute atomic E-state index is 0.0985. The zero-order valence-corrected chi connectivity index (χ0v) is 13.4. The van der Waals surface area contributed by atoms with Gasteiger partial charge in [-0.1, -0.05) is 0 Å². The molecule has 1 aromatic rings. The summed E-state index contributed by atoms with van der Waals surface area (Å²) in [6, 6.07) is 1.89. The van der Waals surface area contributed by atoms with Crippen LogP contribution in [0.4, 0.5) is 5.69 Å². The van der Waals surface area contributed by atoms with Crippen molar-refractivity contribution in [2.45, 2.75) is 13.8 Å². The standard InChI is InChI=1S/C15H26N4O2/c1-5-16-14-10-12(2)18-11-13(14)15(20)17-6-7-19(3)8-9-21-4/h10-11H,5-9H2,1-4H3,(H,16,18)(H,17,20). The van der Waals surface area contributed by atoms with Crippen molar-refractivity contribution in [3.8, 4) is 0 Å². The second kappa shape index (κ2) is 9.31. The molecular weight excluding hydrogens is 268 g/mol. The van der Waals surface area contributed by atoms with E-state index in [0.29, 0.717) is 18.7 Å². The first-order valence-electron chi connectivity index (χ1n) is 7.24. The van der Waals surface area contributed by atoms with Gasteiger partial charge in [0.05, 0.1) is 17.9 Å². The lowest BCUT2D eigenvalue weighted by molar-refractivity contribution is 0.0948. The Morgan fingerprint density at radius 3 is 2.86 bits per heavy atom. The number of carbonyl (C=O) groups excluding carboxylic acids is 1. The van der Waals surface area contributed by atoms with Crippen LogP contribution < -0.4 is 10.6 Å². The number of nitrogens with one attached hydrogen (secondary N) is 2. The third-order valence-corrected chi connectivity index (χ3v) is 3.11. The number of carbonyl (C=O) groups is 1. The number of hydrogen-bond donors (Lipinski definition) is 2. The molecule has 0 aromatic carbocycles.